The van der Waals surface area contributed by atoms with Crippen molar-refractivity contribution in [3.8, 4) is 22.5 Å². The van der Waals surface area contributed by atoms with Crippen LogP contribution in [-0.4, -0.2) is 9.97 Å². The normalized spacial score (nSPS) is 12.2. The Labute approximate surface area is 195 Å². The van der Waals surface area contributed by atoms with Crippen molar-refractivity contribution in [2.45, 2.75) is 46.5 Å². The third-order valence-electron chi connectivity index (χ3n) is 6.19. The third-order valence-corrected chi connectivity index (χ3v) is 6.19. The molecule has 0 amide bonds. The summed E-state index contributed by atoms with van der Waals surface area (Å²) in [7, 11) is 0. The van der Waals surface area contributed by atoms with Gasteiger partial charge in [-0.3, -0.25) is 9.97 Å². The fourth-order valence-corrected chi connectivity index (χ4v) is 4.67. The maximum Gasteiger partial charge on any atom is 0.137 e. The number of nitrogens with zero attached hydrogens (tertiary/aromatic N) is 2. The molecule has 0 fully saturated rings. The Hall–Kier alpha value is -3.46. The Kier molecular flexibility index (Phi) is 5.28. The Morgan fingerprint density at radius 1 is 0.879 bits per heavy atom. The lowest BCUT2D eigenvalue weighted by Crippen LogP contribution is -2.12. The highest BCUT2D eigenvalue weighted by Gasteiger charge is 2.19. The van der Waals surface area contributed by atoms with E-state index in [1.54, 1.807) is 0 Å². The molecule has 5 rings (SSSR count). The van der Waals surface area contributed by atoms with E-state index >= 15 is 0 Å². The monoisotopic (exact) mass is 434 g/mol. The highest BCUT2D eigenvalue weighted by Crippen LogP contribution is 2.36. The van der Waals surface area contributed by atoms with E-state index < -0.39 is 0 Å². The van der Waals surface area contributed by atoms with Crippen molar-refractivity contribution >= 4 is 21.7 Å². The molecule has 5 aromatic rings. The van der Waals surface area contributed by atoms with E-state index in [0.29, 0.717) is 5.92 Å². The van der Waals surface area contributed by atoms with Crippen LogP contribution in [-0.2, 0) is 11.8 Å². The summed E-state index contributed by atoms with van der Waals surface area (Å²) in [5.41, 5.74) is 7.55. The second-order valence-electron chi connectivity index (χ2n) is 10.3. The maximum atomic E-state index is 5.87. The van der Waals surface area contributed by atoms with Crippen LogP contribution < -0.4 is 0 Å². The van der Waals surface area contributed by atoms with Gasteiger partial charge in [0, 0.05) is 34.5 Å². The van der Waals surface area contributed by atoms with Crippen molar-refractivity contribution in [1.82, 2.24) is 9.97 Å². The van der Waals surface area contributed by atoms with Crippen LogP contribution in [0.25, 0.3) is 44.3 Å². The molecule has 3 heterocycles. The number of rotatable bonds is 4. The van der Waals surface area contributed by atoms with E-state index in [9.17, 15) is 0 Å². The lowest BCUT2D eigenvalue weighted by molar-refractivity contribution is 0.594. The minimum atomic E-state index is 0.0307. The van der Waals surface area contributed by atoms with Crippen molar-refractivity contribution < 1.29 is 4.42 Å². The highest BCUT2D eigenvalue weighted by molar-refractivity contribution is 5.95. The summed E-state index contributed by atoms with van der Waals surface area (Å²) in [6.07, 6.45) is 6.56. The molecule has 0 aliphatic heterocycles. The summed E-state index contributed by atoms with van der Waals surface area (Å²) < 4.78 is 5.87. The number of furan rings is 1. The molecule has 0 atom stereocenters. The molecule has 0 bridgehead atoms. The molecular formula is C30H30N2O. The van der Waals surface area contributed by atoms with Gasteiger partial charge in [-0.25, -0.2) is 0 Å². The van der Waals surface area contributed by atoms with Crippen molar-refractivity contribution in [1.29, 1.82) is 0 Å². The van der Waals surface area contributed by atoms with Gasteiger partial charge in [0.25, 0.3) is 0 Å². The van der Waals surface area contributed by atoms with Gasteiger partial charge in [0.05, 0.1) is 17.7 Å². The first-order valence-electron chi connectivity index (χ1n) is 11.7. The maximum absolute atomic E-state index is 5.87. The second kappa shape index (κ2) is 8.15. The first kappa shape index (κ1) is 21.4. The van der Waals surface area contributed by atoms with Crippen LogP contribution in [0.15, 0.2) is 77.7 Å². The lowest BCUT2D eigenvalue weighted by atomic mass is 9.82. The molecule has 0 aliphatic rings. The predicted octanol–water partition coefficient (Wildman–Crippen LogP) is 8.21. The van der Waals surface area contributed by atoms with Crippen LogP contribution in [0, 0.1) is 5.92 Å². The van der Waals surface area contributed by atoms with Gasteiger partial charge < -0.3 is 4.42 Å². The molecule has 3 aromatic heterocycles. The molecular weight excluding hydrogens is 404 g/mol. The van der Waals surface area contributed by atoms with Gasteiger partial charge in [0.1, 0.15) is 5.58 Å². The highest BCUT2D eigenvalue weighted by atomic mass is 16.3. The molecule has 0 saturated carbocycles. The smallest absolute Gasteiger partial charge is 0.137 e. The van der Waals surface area contributed by atoms with Gasteiger partial charge in [0.15, 0.2) is 0 Å². The zero-order valence-electron chi connectivity index (χ0n) is 20.0. The van der Waals surface area contributed by atoms with Gasteiger partial charge in [-0.05, 0) is 64.4 Å². The Balaban J connectivity index is 1.68. The van der Waals surface area contributed by atoms with Gasteiger partial charge in [0.2, 0.25) is 0 Å². The van der Waals surface area contributed by atoms with E-state index in [0.717, 1.165) is 39.9 Å². The lowest BCUT2D eigenvalue weighted by Gasteiger charge is -2.22. The van der Waals surface area contributed by atoms with Crippen LogP contribution in [0.1, 0.15) is 45.7 Å². The van der Waals surface area contributed by atoms with E-state index in [1.807, 2.05) is 30.8 Å². The quantitative estimate of drug-likeness (QED) is 0.286. The van der Waals surface area contributed by atoms with Crippen molar-refractivity contribution in [3.05, 3.63) is 84.4 Å². The van der Waals surface area contributed by atoms with Crippen LogP contribution in [0.3, 0.4) is 0 Å². The first-order chi connectivity index (χ1) is 15.8. The minimum Gasteiger partial charge on any atom is -0.464 e. The van der Waals surface area contributed by atoms with Gasteiger partial charge >= 0.3 is 0 Å². The largest absolute Gasteiger partial charge is 0.464 e. The van der Waals surface area contributed by atoms with E-state index in [2.05, 4.69) is 77.1 Å². The molecule has 3 nitrogen and oxygen atoms in total. The summed E-state index contributed by atoms with van der Waals surface area (Å²) in [5, 5.41) is 3.65. The van der Waals surface area contributed by atoms with E-state index in [1.165, 1.54) is 21.9 Å². The van der Waals surface area contributed by atoms with E-state index in [-0.39, 0.29) is 5.41 Å². The van der Waals surface area contributed by atoms with Crippen molar-refractivity contribution in [2.75, 3.05) is 0 Å². The summed E-state index contributed by atoms with van der Waals surface area (Å²) >= 11 is 0. The average Bonchev–Trinajstić information content (AvgIpc) is 3.20. The number of hydrogen-bond donors (Lipinski definition) is 0. The molecule has 0 spiro atoms. The molecule has 2 aromatic carbocycles. The molecule has 3 heteroatoms. The number of pyridine rings is 2. The SMILES string of the molecule is CC(C)Cc1coc2ccnc(-c3ccnc(-c4cc(C(C)(C)C)c5ccccc5c4)c3)c12. The number of hydrogen-bond acceptors (Lipinski definition) is 3. The number of benzene rings is 2. The van der Waals surface area contributed by atoms with Crippen molar-refractivity contribution in [2.24, 2.45) is 5.92 Å². The topological polar surface area (TPSA) is 38.9 Å². The molecule has 0 aliphatic carbocycles. The molecule has 33 heavy (non-hydrogen) atoms. The first-order valence-corrected chi connectivity index (χ1v) is 11.7. The number of fused-ring (bicyclic) bond motifs is 2. The Morgan fingerprint density at radius 3 is 2.45 bits per heavy atom. The summed E-state index contributed by atoms with van der Waals surface area (Å²) in [6.45, 7) is 11.3. The fraction of sp³-hybridized carbons (Fsp3) is 0.267. The van der Waals surface area contributed by atoms with Gasteiger partial charge in [-0.1, -0.05) is 58.9 Å². The Bertz CT molecular complexity index is 1450. The molecule has 0 saturated heterocycles. The standard InChI is InChI=1S/C30H30N2O/c1-19(2)14-23-18-33-27-11-13-32-29(28(23)27)21-10-12-31-26(17-21)22-15-20-8-6-7-9-24(20)25(16-22)30(3,4)5/h6-13,15-19H,14H2,1-5H3. The molecule has 0 radical (unpaired) electrons. The summed E-state index contributed by atoms with van der Waals surface area (Å²) in [6, 6.07) is 19.3. The molecule has 0 N–H and O–H groups in total. The third kappa shape index (κ3) is 4.04. The van der Waals surface area contributed by atoms with Crippen molar-refractivity contribution in [3.63, 3.8) is 0 Å². The van der Waals surface area contributed by atoms with Gasteiger partial charge in [-0.2, -0.15) is 0 Å². The summed E-state index contributed by atoms with van der Waals surface area (Å²) in [4.78, 5) is 9.52. The zero-order chi connectivity index (χ0) is 23.2. The number of aromatic nitrogens is 2. The van der Waals surface area contributed by atoms with Crippen LogP contribution >= 0.6 is 0 Å². The Morgan fingerprint density at radius 2 is 1.67 bits per heavy atom. The van der Waals surface area contributed by atoms with Gasteiger partial charge in [-0.15, -0.1) is 0 Å². The second-order valence-corrected chi connectivity index (χ2v) is 10.3. The van der Waals surface area contributed by atoms with E-state index in [4.69, 9.17) is 14.4 Å². The molecule has 166 valence electrons. The summed E-state index contributed by atoms with van der Waals surface area (Å²) in [5.74, 6) is 0.542. The predicted molar refractivity (Wildman–Crippen MR) is 137 cm³/mol. The zero-order valence-corrected chi connectivity index (χ0v) is 20.0. The minimum absolute atomic E-state index is 0.0307. The fourth-order valence-electron chi connectivity index (χ4n) is 4.67. The van der Waals surface area contributed by atoms with Crippen LogP contribution in [0.5, 0.6) is 0 Å². The van der Waals surface area contributed by atoms with Crippen LogP contribution in [0.2, 0.25) is 0 Å². The molecule has 0 unspecified atom stereocenters. The van der Waals surface area contributed by atoms with Crippen LogP contribution in [0.4, 0.5) is 0 Å². The average molecular weight is 435 g/mol.